The number of halogens is 1. The Labute approximate surface area is 116 Å². The summed E-state index contributed by atoms with van der Waals surface area (Å²) in [6.45, 7) is 3.48. The Hall–Kier alpha value is -1.10. The molecule has 1 amide bonds. The van der Waals surface area contributed by atoms with Gasteiger partial charge in [-0.1, -0.05) is 12.8 Å². The molecule has 1 aliphatic carbocycles. The zero-order valence-electron chi connectivity index (χ0n) is 10.5. The molecular weight excluding hydrogens is 294 g/mol. The summed E-state index contributed by atoms with van der Waals surface area (Å²) in [5, 5.41) is 6.06. The average Bonchev–Trinajstić information content (AvgIpc) is 3.15. The largest absolute Gasteiger partial charge is 0.370 e. The van der Waals surface area contributed by atoms with E-state index in [1.54, 1.807) is 12.3 Å². The van der Waals surface area contributed by atoms with Gasteiger partial charge in [0.2, 0.25) is 0 Å². The van der Waals surface area contributed by atoms with Crippen LogP contribution in [0.25, 0.3) is 0 Å². The monoisotopic (exact) mass is 311 g/mol. The van der Waals surface area contributed by atoms with E-state index in [1.165, 1.54) is 12.8 Å². The molecule has 2 rings (SSSR count). The Morgan fingerprint density at radius 3 is 3.00 bits per heavy atom. The van der Waals surface area contributed by atoms with Crippen LogP contribution in [0.5, 0.6) is 0 Å². The van der Waals surface area contributed by atoms with E-state index in [0.29, 0.717) is 11.4 Å². The summed E-state index contributed by atoms with van der Waals surface area (Å²) in [5.41, 5.74) is 0.599. The average molecular weight is 312 g/mol. The first kappa shape index (κ1) is 13.3. The number of nitrogens with zero attached hydrogens (tertiary/aromatic N) is 1. The zero-order chi connectivity index (χ0) is 13.0. The first-order chi connectivity index (χ1) is 8.70. The number of anilines is 1. The summed E-state index contributed by atoms with van der Waals surface area (Å²) in [6, 6.07) is 1.80. The summed E-state index contributed by atoms with van der Waals surface area (Å²) in [4.78, 5) is 16.3. The molecule has 1 aliphatic rings. The van der Waals surface area contributed by atoms with Crippen molar-refractivity contribution in [2.45, 2.75) is 26.2 Å². The standard InChI is InChI=1S/C13H18BrN3O/c1-2-15-12-11(7-10(14)8-17-12)13(18)16-6-5-9-3-4-9/h7-9H,2-6H2,1H3,(H,15,17)(H,16,18). The maximum absolute atomic E-state index is 12.1. The fraction of sp³-hybridized carbons (Fsp3) is 0.538. The molecule has 1 heterocycles. The van der Waals surface area contributed by atoms with Gasteiger partial charge in [0, 0.05) is 23.8 Å². The van der Waals surface area contributed by atoms with E-state index in [1.807, 2.05) is 6.92 Å². The second-order valence-electron chi connectivity index (χ2n) is 4.57. The Kier molecular flexibility index (Phi) is 4.58. The first-order valence-corrected chi connectivity index (χ1v) is 7.17. The highest BCUT2D eigenvalue weighted by Gasteiger charge is 2.21. The lowest BCUT2D eigenvalue weighted by molar-refractivity contribution is 0.0953. The Morgan fingerprint density at radius 1 is 1.56 bits per heavy atom. The van der Waals surface area contributed by atoms with Gasteiger partial charge < -0.3 is 10.6 Å². The van der Waals surface area contributed by atoms with Crippen LogP contribution >= 0.6 is 15.9 Å². The number of pyridine rings is 1. The molecule has 0 spiro atoms. The predicted molar refractivity (Wildman–Crippen MR) is 75.8 cm³/mol. The van der Waals surface area contributed by atoms with Gasteiger partial charge in [-0.05, 0) is 41.3 Å². The Balaban J connectivity index is 1.99. The lowest BCUT2D eigenvalue weighted by Gasteiger charge is -2.10. The molecule has 98 valence electrons. The summed E-state index contributed by atoms with van der Waals surface area (Å²) < 4.78 is 0.816. The highest BCUT2D eigenvalue weighted by molar-refractivity contribution is 9.10. The van der Waals surface area contributed by atoms with Crippen molar-refractivity contribution in [3.63, 3.8) is 0 Å². The molecule has 5 heteroatoms. The van der Waals surface area contributed by atoms with Crippen molar-refractivity contribution in [1.82, 2.24) is 10.3 Å². The minimum absolute atomic E-state index is 0.0552. The number of hydrogen-bond donors (Lipinski definition) is 2. The minimum atomic E-state index is -0.0552. The van der Waals surface area contributed by atoms with E-state index >= 15 is 0 Å². The lowest BCUT2D eigenvalue weighted by Crippen LogP contribution is -2.26. The molecule has 2 N–H and O–H groups in total. The molecule has 0 radical (unpaired) electrons. The first-order valence-electron chi connectivity index (χ1n) is 6.38. The van der Waals surface area contributed by atoms with Crippen LogP contribution in [0.4, 0.5) is 5.82 Å². The number of carbonyl (C=O) groups excluding carboxylic acids is 1. The van der Waals surface area contributed by atoms with E-state index in [9.17, 15) is 4.79 Å². The maximum Gasteiger partial charge on any atom is 0.255 e. The molecule has 1 aromatic rings. The summed E-state index contributed by atoms with van der Waals surface area (Å²) in [7, 11) is 0. The van der Waals surface area contributed by atoms with Crippen molar-refractivity contribution in [3.8, 4) is 0 Å². The van der Waals surface area contributed by atoms with Gasteiger partial charge in [-0.15, -0.1) is 0 Å². The van der Waals surface area contributed by atoms with Crippen molar-refractivity contribution < 1.29 is 4.79 Å². The Morgan fingerprint density at radius 2 is 2.33 bits per heavy atom. The molecule has 18 heavy (non-hydrogen) atoms. The van der Waals surface area contributed by atoms with Gasteiger partial charge in [-0.3, -0.25) is 4.79 Å². The van der Waals surface area contributed by atoms with E-state index in [2.05, 4.69) is 31.5 Å². The molecule has 0 bridgehead atoms. The van der Waals surface area contributed by atoms with Crippen molar-refractivity contribution in [1.29, 1.82) is 0 Å². The van der Waals surface area contributed by atoms with Crippen molar-refractivity contribution in [2.24, 2.45) is 5.92 Å². The molecule has 0 aliphatic heterocycles. The van der Waals surface area contributed by atoms with Crippen LogP contribution in [0.15, 0.2) is 16.7 Å². The van der Waals surface area contributed by atoms with Crippen LogP contribution in [0.3, 0.4) is 0 Å². The third kappa shape index (κ3) is 3.70. The molecule has 0 atom stereocenters. The predicted octanol–water partition coefficient (Wildman–Crippen LogP) is 2.81. The lowest BCUT2D eigenvalue weighted by atomic mass is 10.2. The van der Waals surface area contributed by atoms with Gasteiger partial charge >= 0.3 is 0 Å². The van der Waals surface area contributed by atoms with Crippen molar-refractivity contribution >= 4 is 27.7 Å². The van der Waals surface area contributed by atoms with Crippen LogP contribution in [0.2, 0.25) is 0 Å². The second kappa shape index (κ2) is 6.18. The van der Waals surface area contributed by atoms with Crippen LogP contribution in [-0.4, -0.2) is 24.0 Å². The molecule has 1 fully saturated rings. The van der Waals surface area contributed by atoms with Gasteiger partial charge in [0.25, 0.3) is 5.91 Å². The molecule has 0 aromatic carbocycles. The van der Waals surface area contributed by atoms with Crippen LogP contribution in [0.1, 0.15) is 36.5 Å². The van der Waals surface area contributed by atoms with Gasteiger partial charge in [-0.25, -0.2) is 4.98 Å². The van der Waals surface area contributed by atoms with Crippen LogP contribution in [0, 0.1) is 5.92 Å². The molecular formula is C13H18BrN3O. The fourth-order valence-electron chi connectivity index (χ4n) is 1.81. The third-order valence-electron chi connectivity index (χ3n) is 2.98. The van der Waals surface area contributed by atoms with Gasteiger partial charge in [0.05, 0.1) is 5.56 Å². The van der Waals surface area contributed by atoms with Crippen LogP contribution in [-0.2, 0) is 0 Å². The third-order valence-corrected chi connectivity index (χ3v) is 3.41. The van der Waals surface area contributed by atoms with Crippen LogP contribution < -0.4 is 10.6 Å². The number of aromatic nitrogens is 1. The fourth-order valence-corrected chi connectivity index (χ4v) is 2.14. The number of carbonyl (C=O) groups is 1. The van der Waals surface area contributed by atoms with E-state index in [4.69, 9.17) is 0 Å². The molecule has 0 saturated heterocycles. The van der Waals surface area contributed by atoms with Crippen molar-refractivity contribution in [3.05, 3.63) is 22.3 Å². The van der Waals surface area contributed by atoms with Gasteiger partial charge in [-0.2, -0.15) is 0 Å². The summed E-state index contributed by atoms with van der Waals surface area (Å²) >= 11 is 3.35. The van der Waals surface area contributed by atoms with E-state index in [0.717, 1.165) is 29.9 Å². The number of hydrogen-bond acceptors (Lipinski definition) is 3. The number of amides is 1. The molecule has 1 saturated carbocycles. The Bertz CT molecular complexity index is 432. The molecule has 1 aromatic heterocycles. The second-order valence-corrected chi connectivity index (χ2v) is 5.48. The topological polar surface area (TPSA) is 54.0 Å². The number of nitrogens with one attached hydrogen (secondary N) is 2. The molecule has 0 unspecified atom stereocenters. The molecule has 4 nitrogen and oxygen atoms in total. The van der Waals surface area contributed by atoms with E-state index in [-0.39, 0.29) is 5.91 Å². The number of rotatable bonds is 6. The minimum Gasteiger partial charge on any atom is -0.370 e. The smallest absolute Gasteiger partial charge is 0.255 e. The van der Waals surface area contributed by atoms with E-state index < -0.39 is 0 Å². The normalized spacial score (nSPS) is 14.3. The quantitative estimate of drug-likeness (QED) is 0.849. The SMILES string of the molecule is CCNc1ncc(Br)cc1C(=O)NCCC1CC1. The summed E-state index contributed by atoms with van der Waals surface area (Å²) in [6.07, 6.45) is 5.41. The van der Waals surface area contributed by atoms with Crippen molar-refractivity contribution in [2.75, 3.05) is 18.4 Å². The van der Waals surface area contributed by atoms with Gasteiger partial charge in [0.1, 0.15) is 5.82 Å². The zero-order valence-corrected chi connectivity index (χ0v) is 12.1. The highest BCUT2D eigenvalue weighted by Crippen LogP contribution is 2.31. The van der Waals surface area contributed by atoms with Gasteiger partial charge in [0.15, 0.2) is 0 Å². The summed E-state index contributed by atoms with van der Waals surface area (Å²) in [5.74, 6) is 1.42. The maximum atomic E-state index is 12.1. The highest BCUT2D eigenvalue weighted by atomic mass is 79.9.